The average Bonchev–Trinajstić information content (AvgIpc) is 3.08. The molecule has 1 unspecified atom stereocenters. The third-order valence-electron chi connectivity index (χ3n) is 3.97. The summed E-state index contributed by atoms with van der Waals surface area (Å²) < 4.78 is 11.2. The van der Waals surface area contributed by atoms with Gasteiger partial charge in [-0.05, 0) is 25.7 Å². The van der Waals surface area contributed by atoms with Gasteiger partial charge in [0.2, 0.25) is 0 Å². The van der Waals surface area contributed by atoms with E-state index in [0.717, 1.165) is 12.1 Å². The fourth-order valence-electron chi connectivity index (χ4n) is 2.70. The first-order chi connectivity index (χ1) is 10.5. The van der Waals surface area contributed by atoms with Crippen molar-refractivity contribution in [2.24, 2.45) is 5.92 Å². The van der Waals surface area contributed by atoms with Crippen LogP contribution in [0.3, 0.4) is 0 Å². The quantitative estimate of drug-likeness (QED) is 0.843. The Kier molecular flexibility index (Phi) is 4.65. The van der Waals surface area contributed by atoms with Crippen LogP contribution >= 0.6 is 11.3 Å². The zero-order chi connectivity index (χ0) is 15.6. The minimum absolute atomic E-state index is 0.207. The van der Waals surface area contributed by atoms with Crippen LogP contribution in [0.4, 0.5) is 9.93 Å². The van der Waals surface area contributed by atoms with Crippen LogP contribution < -0.4 is 10.6 Å². The van der Waals surface area contributed by atoms with E-state index in [4.69, 9.17) is 9.47 Å². The smallest absolute Gasteiger partial charge is 0.321 e. The molecule has 1 saturated carbocycles. The summed E-state index contributed by atoms with van der Waals surface area (Å²) in [6.45, 7) is 5.89. The molecule has 2 N–H and O–H groups in total. The number of hydrogen-bond acceptors (Lipinski definition) is 5. The third kappa shape index (κ3) is 4.18. The average molecular weight is 325 g/mol. The molecule has 1 aromatic rings. The number of aromatic nitrogens is 1. The van der Waals surface area contributed by atoms with Crippen molar-refractivity contribution < 1.29 is 14.3 Å². The van der Waals surface area contributed by atoms with Gasteiger partial charge in [-0.3, -0.25) is 5.32 Å². The predicted octanol–water partition coefficient (Wildman–Crippen LogP) is 2.93. The zero-order valence-corrected chi connectivity index (χ0v) is 13.9. The van der Waals surface area contributed by atoms with E-state index in [0.29, 0.717) is 30.8 Å². The molecule has 1 saturated heterocycles. The minimum Gasteiger partial charge on any atom is -0.348 e. The summed E-state index contributed by atoms with van der Waals surface area (Å²) in [5, 5.41) is 8.38. The number of hydrogen-bond donors (Lipinski definition) is 2. The molecule has 122 valence electrons. The summed E-state index contributed by atoms with van der Waals surface area (Å²) in [7, 11) is 0. The van der Waals surface area contributed by atoms with E-state index in [9.17, 15) is 4.79 Å². The Morgan fingerprint density at radius 1 is 1.50 bits per heavy atom. The molecule has 1 aliphatic carbocycles. The summed E-state index contributed by atoms with van der Waals surface area (Å²) in [5.41, 5.74) is 1.11. The summed E-state index contributed by atoms with van der Waals surface area (Å²) in [6.07, 6.45) is 3.20. The van der Waals surface area contributed by atoms with Gasteiger partial charge in [0, 0.05) is 24.3 Å². The Bertz CT molecular complexity index is 524. The summed E-state index contributed by atoms with van der Waals surface area (Å²) in [5.74, 6) is 0.376. The van der Waals surface area contributed by atoms with Crippen LogP contribution in [0, 0.1) is 5.92 Å². The Hall–Kier alpha value is -1.18. The molecular formula is C15H23N3O3S. The fourth-order valence-corrected chi connectivity index (χ4v) is 3.49. The first kappa shape index (κ1) is 15.7. The van der Waals surface area contributed by atoms with Crippen molar-refractivity contribution in [2.75, 3.05) is 25.1 Å². The maximum absolute atomic E-state index is 11.9. The van der Waals surface area contributed by atoms with Crippen molar-refractivity contribution in [3.05, 3.63) is 11.1 Å². The van der Waals surface area contributed by atoms with E-state index < -0.39 is 5.79 Å². The lowest BCUT2D eigenvalue weighted by Crippen LogP contribution is -2.36. The fraction of sp³-hybridized carbons (Fsp3) is 0.733. The normalized spacial score (nSPS) is 21.5. The van der Waals surface area contributed by atoms with Gasteiger partial charge >= 0.3 is 6.03 Å². The second-order valence-corrected chi connectivity index (χ2v) is 7.18. The topological polar surface area (TPSA) is 72.5 Å². The lowest BCUT2D eigenvalue weighted by molar-refractivity contribution is -0.153. The highest BCUT2D eigenvalue weighted by molar-refractivity contribution is 7.13. The number of ether oxygens (including phenoxy) is 2. The van der Waals surface area contributed by atoms with Gasteiger partial charge in [-0.15, -0.1) is 11.3 Å². The van der Waals surface area contributed by atoms with Gasteiger partial charge in [0.05, 0.1) is 18.9 Å². The Labute approximate surface area is 134 Å². The molecule has 6 nitrogen and oxygen atoms in total. The van der Waals surface area contributed by atoms with Crippen LogP contribution in [0.15, 0.2) is 5.38 Å². The van der Waals surface area contributed by atoms with E-state index in [2.05, 4.69) is 22.5 Å². The molecule has 7 heteroatoms. The van der Waals surface area contributed by atoms with Gasteiger partial charge in [0.15, 0.2) is 10.9 Å². The van der Waals surface area contributed by atoms with E-state index in [1.807, 2.05) is 12.3 Å². The number of carbonyl (C=O) groups excluding carboxylic acids is 1. The molecule has 1 atom stereocenters. The highest BCUT2D eigenvalue weighted by Gasteiger charge is 2.32. The molecule has 2 fully saturated rings. The highest BCUT2D eigenvalue weighted by atomic mass is 32.1. The molecule has 22 heavy (non-hydrogen) atoms. The molecule has 0 spiro atoms. The predicted molar refractivity (Wildman–Crippen MR) is 85.2 cm³/mol. The van der Waals surface area contributed by atoms with Crippen LogP contribution in [-0.4, -0.2) is 36.6 Å². The molecular weight excluding hydrogens is 302 g/mol. The molecule has 1 aromatic heterocycles. The van der Waals surface area contributed by atoms with Crippen LogP contribution in [-0.2, 0) is 9.47 Å². The van der Waals surface area contributed by atoms with Gasteiger partial charge in [0.1, 0.15) is 0 Å². The number of nitrogens with zero attached hydrogens (tertiary/aromatic N) is 1. The summed E-state index contributed by atoms with van der Waals surface area (Å²) in [6, 6.07) is -0.207. The van der Waals surface area contributed by atoms with E-state index in [1.54, 1.807) is 0 Å². The van der Waals surface area contributed by atoms with Gasteiger partial charge in [-0.1, -0.05) is 6.92 Å². The number of nitrogens with one attached hydrogen (secondary N) is 2. The minimum atomic E-state index is -0.508. The van der Waals surface area contributed by atoms with Crippen molar-refractivity contribution in [3.63, 3.8) is 0 Å². The van der Waals surface area contributed by atoms with Crippen molar-refractivity contribution >= 4 is 22.5 Å². The summed E-state index contributed by atoms with van der Waals surface area (Å²) >= 11 is 1.48. The SMILES string of the molecule is CC(CNC(=O)Nc1nc(C2CC2)cs1)CC1(C)OCCO1. The number of anilines is 1. The molecule has 2 heterocycles. The van der Waals surface area contributed by atoms with E-state index in [1.165, 1.54) is 24.2 Å². The van der Waals surface area contributed by atoms with Crippen molar-refractivity contribution in [2.45, 2.75) is 44.8 Å². The molecule has 2 amide bonds. The maximum Gasteiger partial charge on any atom is 0.321 e. The largest absolute Gasteiger partial charge is 0.348 e. The van der Waals surface area contributed by atoms with Gasteiger partial charge < -0.3 is 14.8 Å². The van der Waals surface area contributed by atoms with Crippen LogP contribution in [0.5, 0.6) is 0 Å². The van der Waals surface area contributed by atoms with Crippen molar-refractivity contribution in [1.29, 1.82) is 0 Å². The third-order valence-corrected chi connectivity index (χ3v) is 4.74. The molecule has 2 aliphatic rings. The molecule has 0 aromatic carbocycles. The number of thiazole rings is 1. The molecule has 0 radical (unpaired) electrons. The lowest BCUT2D eigenvalue weighted by Gasteiger charge is -2.25. The first-order valence-electron chi connectivity index (χ1n) is 7.82. The summed E-state index contributed by atoms with van der Waals surface area (Å²) in [4.78, 5) is 16.4. The standard InChI is InChI=1S/C15H23N3O3S/c1-10(7-15(2)20-5-6-21-15)8-16-13(19)18-14-17-12(9-22-14)11-3-4-11/h9-11H,3-8H2,1-2H3,(H2,16,17,18,19). The van der Waals surface area contributed by atoms with Crippen LogP contribution in [0.2, 0.25) is 0 Å². The van der Waals surface area contributed by atoms with Crippen molar-refractivity contribution in [3.8, 4) is 0 Å². The monoisotopic (exact) mass is 325 g/mol. The highest BCUT2D eigenvalue weighted by Crippen LogP contribution is 2.40. The van der Waals surface area contributed by atoms with Crippen LogP contribution in [0.1, 0.15) is 44.7 Å². The first-order valence-corrected chi connectivity index (χ1v) is 8.70. The molecule has 3 rings (SSSR count). The van der Waals surface area contributed by atoms with Crippen molar-refractivity contribution in [1.82, 2.24) is 10.3 Å². The maximum atomic E-state index is 11.9. The number of carbonyl (C=O) groups is 1. The Morgan fingerprint density at radius 2 is 2.23 bits per heavy atom. The second kappa shape index (κ2) is 6.52. The zero-order valence-electron chi connectivity index (χ0n) is 13.1. The number of urea groups is 1. The second-order valence-electron chi connectivity index (χ2n) is 6.33. The Morgan fingerprint density at radius 3 is 2.91 bits per heavy atom. The number of rotatable bonds is 6. The lowest BCUT2D eigenvalue weighted by atomic mass is 10.0. The molecule has 0 bridgehead atoms. The van der Waals surface area contributed by atoms with E-state index in [-0.39, 0.29) is 11.9 Å². The van der Waals surface area contributed by atoms with Crippen LogP contribution in [0.25, 0.3) is 0 Å². The van der Waals surface area contributed by atoms with Gasteiger partial charge in [-0.25, -0.2) is 9.78 Å². The van der Waals surface area contributed by atoms with E-state index >= 15 is 0 Å². The number of amides is 2. The van der Waals surface area contributed by atoms with Gasteiger partial charge in [-0.2, -0.15) is 0 Å². The Balaban J connectivity index is 1.39. The molecule has 1 aliphatic heterocycles. The van der Waals surface area contributed by atoms with Gasteiger partial charge in [0.25, 0.3) is 0 Å².